The fraction of sp³-hybridized carbons (Fsp3) is 0.737. The standard InChI is InChI=1S/C19H30N2O2/c1-13(2)10-19(22)21-8-6-15(7-9-21)20-12-16-4-5-18(23-16)17-11-14(17)3/h4-5,13-15,17,20H,6-12H2,1-3H3. The summed E-state index contributed by atoms with van der Waals surface area (Å²) in [6.45, 7) is 9.04. The minimum absolute atomic E-state index is 0.313. The molecule has 0 radical (unpaired) electrons. The first-order valence-corrected chi connectivity index (χ1v) is 9.12. The Morgan fingerprint density at radius 2 is 2.04 bits per heavy atom. The number of rotatable bonds is 6. The highest BCUT2D eigenvalue weighted by atomic mass is 16.3. The number of likely N-dealkylation sites (tertiary alicyclic amines) is 1. The summed E-state index contributed by atoms with van der Waals surface area (Å²) in [6.07, 6.45) is 4.02. The van der Waals surface area contributed by atoms with Gasteiger partial charge in [0.25, 0.3) is 0 Å². The lowest BCUT2D eigenvalue weighted by Crippen LogP contribution is -2.44. The molecule has 1 aliphatic heterocycles. The van der Waals surface area contributed by atoms with Crippen molar-refractivity contribution in [2.75, 3.05) is 13.1 Å². The molecule has 23 heavy (non-hydrogen) atoms. The van der Waals surface area contributed by atoms with E-state index in [0.717, 1.165) is 49.9 Å². The molecule has 4 nitrogen and oxygen atoms in total. The summed E-state index contributed by atoms with van der Waals surface area (Å²) in [7, 11) is 0. The average Bonchev–Trinajstić information content (AvgIpc) is 3.07. The van der Waals surface area contributed by atoms with Gasteiger partial charge in [0.1, 0.15) is 11.5 Å². The zero-order chi connectivity index (χ0) is 16.4. The number of carbonyl (C=O) groups is 1. The summed E-state index contributed by atoms with van der Waals surface area (Å²) in [5.74, 6) is 4.39. The fourth-order valence-electron chi connectivity index (χ4n) is 3.46. The van der Waals surface area contributed by atoms with E-state index < -0.39 is 0 Å². The van der Waals surface area contributed by atoms with Crippen molar-refractivity contribution >= 4 is 5.91 Å². The molecule has 1 N–H and O–H groups in total. The predicted octanol–water partition coefficient (Wildman–Crippen LogP) is 3.53. The van der Waals surface area contributed by atoms with Crippen LogP contribution in [-0.2, 0) is 11.3 Å². The maximum absolute atomic E-state index is 12.1. The Bertz CT molecular complexity index is 529. The Balaban J connectivity index is 1.39. The van der Waals surface area contributed by atoms with Crippen molar-refractivity contribution in [2.24, 2.45) is 11.8 Å². The van der Waals surface area contributed by atoms with Crippen LogP contribution in [0.15, 0.2) is 16.5 Å². The van der Waals surface area contributed by atoms with Gasteiger partial charge in [0, 0.05) is 31.5 Å². The van der Waals surface area contributed by atoms with Gasteiger partial charge in [-0.3, -0.25) is 4.79 Å². The lowest BCUT2D eigenvalue weighted by molar-refractivity contribution is -0.133. The van der Waals surface area contributed by atoms with Crippen molar-refractivity contribution < 1.29 is 9.21 Å². The molecule has 4 heteroatoms. The Labute approximate surface area is 139 Å². The smallest absolute Gasteiger partial charge is 0.222 e. The fourth-order valence-corrected chi connectivity index (χ4v) is 3.46. The SMILES string of the molecule is CC(C)CC(=O)N1CCC(NCc2ccc(C3CC3C)o2)CC1. The Morgan fingerprint density at radius 1 is 1.35 bits per heavy atom. The first-order chi connectivity index (χ1) is 11.0. The zero-order valence-electron chi connectivity index (χ0n) is 14.7. The molecule has 0 spiro atoms. The minimum Gasteiger partial charge on any atom is -0.464 e. The normalized spacial score (nSPS) is 25.1. The average molecular weight is 318 g/mol. The number of piperidine rings is 1. The Kier molecular flexibility index (Phi) is 5.10. The first kappa shape index (κ1) is 16.6. The third kappa shape index (κ3) is 4.37. The molecule has 2 unspecified atom stereocenters. The number of hydrogen-bond acceptors (Lipinski definition) is 3. The quantitative estimate of drug-likeness (QED) is 0.873. The molecule has 1 aromatic heterocycles. The van der Waals surface area contributed by atoms with E-state index in [9.17, 15) is 4.79 Å². The monoisotopic (exact) mass is 318 g/mol. The first-order valence-electron chi connectivity index (χ1n) is 9.12. The van der Waals surface area contributed by atoms with Crippen LogP contribution in [0, 0.1) is 11.8 Å². The maximum Gasteiger partial charge on any atom is 0.222 e. The largest absolute Gasteiger partial charge is 0.464 e. The van der Waals surface area contributed by atoms with Crippen LogP contribution in [-0.4, -0.2) is 29.9 Å². The second-order valence-electron chi connectivity index (χ2n) is 7.76. The molecule has 1 saturated carbocycles. The van der Waals surface area contributed by atoms with E-state index in [2.05, 4.69) is 38.2 Å². The third-order valence-electron chi connectivity index (χ3n) is 5.15. The van der Waals surface area contributed by atoms with Crippen LogP contribution in [0.2, 0.25) is 0 Å². The minimum atomic E-state index is 0.313. The van der Waals surface area contributed by atoms with Gasteiger partial charge >= 0.3 is 0 Å². The topological polar surface area (TPSA) is 45.5 Å². The molecule has 1 aromatic rings. The van der Waals surface area contributed by atoms with Crippen molar-refractivity contribution in [1.29, 1.82) is 0 Å². The molecular weight excluding hydrogens is 288 g/mol. The second kappa shape index (κ2) is 7.08. The molecule has 0 bridgehead atoms. The van der Waals surface area contributed by atoms with E-state index in [-0.39, 0.29) is 0 Å². The van der Waals surface area contributed by atoms with Crippen molar-refractivity contribution in [3.63, 3.8) is 0 Å². The van der Waals surface area contributed by atoms with E-state index in [1.54, 1.807) is 0 Å². The van der Waals surface area contributed by atoms with Crippen LogP contribution in [0.25, 0.3) is 0 Å². The molecule has 128 valence electrons. The molecule has 2 aliphatic rings. The number of hydrogen-bond donors (Lipinski definition) is 1. The lowest BCUT2D eigenvalue weighted by Gasteiger charge is -2.32. The van der Waals surface area contributed by atoms with Crippen LogP contribution in [0.5, 0.6) is 0 Å². The van der Waals surface area contributed by atoms with Gasteiger partial charge < -0.3 is 14.6 Å². The van der Waals surface area contributed by atoms with Crippen molar-refractivity contribution in [2.45, 2.75) is 65.0 Å². The third-order valence-corrected chi connectivity index (χ3v) is 5.15. The van der Waals surface area contributed by atoms with Crippen molar-refractivity contribution in [3.8, 4) is 0 Å². The Morgan fingerprint density at radius 3 is 2.65 bits per heavy atom. The summed E-state index contributed by atoms with van der Waals surface area (Å²) in [4.78, 5) is 14.1. The molecule has 0 aromatic carbocycles. The second-order valence-corrected chi connectivity index (χ2v) is 7.76. The number of nitrogens with zero attached hydrogens (tertiary/aromatic N) is 1. The van der Waals surface area contributed by atoms with Crippen LogP contribution in [0.4, 0.5) is 0 Å². The number of furan rings is 1. The highest BCUT2D eigenvalue weighted by molar-refractivity contribution is 5.76. The molecule has 3 rings (SSSR count). The van der Waals surface area contributed by atoms with Gasteiger partial charge in [-0.05, 0) is 43.2 Å². The van der Waals surface area contributed by atoms with E-state index >= 15 is 0 Å². The Hall–Kier alpha value is -1.29. The number of nitrogens with one attached hydrogen (secondary N) is 1. The summed E-state index contributed by atoms with van der Waals surface area (Å²) in [6, 6.07) is 4.74. The molecule has 2 atom stereocenters. The maximum atomic E-state index is 12.1. The van der Waals surface area contributed by atoms with Gasteiger partial charge in [0.05, 0.1) is 6.54 Å². The van der Waals surface area contributed by atoms with E-state index in [0.29, 0.717) is 30.2 Å². The summed E-state index contributed by atoms with van der Waals surface area (Å²) >= 11 is 0. The highest BCUT2D eigenvalue weighted by Gasteiger charge is 2.36. The van der Waals surface area contributed by atoms with E-state index in [1.807, 2.05) is 4.90 Å². The van der Waals surface area contributed by atoms with Gasteiger partial charge in [0.2, 0.25) is 5.91 Å². The number of amides is 1. The summed E-state index contributed by atoms with van der Waals surface area (Å²) in [5.41, 5.74) is 0. The van der Waals surface area contributed by atoms with E-state index in [1.165, 1.54) is 6.42 Å². The molecule has 2 heterocycles. The van der Waals surface area contributed by atoms with Gasteiger partial charge in [-0.15, -0.1) is 0 Å². The van der Waals surface area contributed by atoms with Crippen molar-refractivity contribution in [3.05, 3.63) is 23.7 Å². The van der Waals surface area contributed by atoms with Crippen LogP contribution in [0.3, 0.4) is 0 Å². The molecular formula is C19H30N2O2. The van der Waals surface area contributed by atoms with Gasteiger partial charge in [-0.25, -0.2) is 0 Å². The molecule has 1 amide bonds. The lowest BCUT2D eigenvalue weighted by atomic mass is 10.0. The highest BCUT2D eigenvalue weighted by Crippen LogP contribution is 2.47. The zero-order valence-corrected chi connectivity index (χ0v) is 14.7. The van der Waals surface area contributed by atoms with Crippen molar-refractivity contribution in [1.82, 2.24) is 10.2 Å². The summed E-state index contributed by atoms with van der Waals surface area (Å²) in [5, 5.41) is 3.59. The van der Waals surface area contributed by atoms with E-state index in [4.69, 9.17) is 4.42 Å². The predicted molar refractivity (Wildman–Crippen MR) is 91.1 cm³/mol. The van der Waals surface area contributed by atoms with Crippen LogP contribution >= 0.6 is 0 Å². The molecule has 1 aliphatic carbocycles. The number of carbonyl (C=O) groups excluding carboxylic acids is 1. The molecule has 2 fully saturated rings. The van der Waals surface area contributed by atoms with Gasteiger partial charge in [-0.1, -0.05) is 20.8 Å². The van der Waals surface area contributed by atoms with Crippen LogP contribution in [0.1, 0.15) is 63.9 Å². The van der Waals surface area contributed by atoms with Crippen LogP contribution < -0.4 is 5.32 Å². The van der Waals surface area contributed by atoms with Gasteiger partial charge in [0.15, 0.2) is 0 Å². The van der Waals surface area contributed by atoms with Gasteiger partial charge in [-0.2, -0.15) is 0 Å². The molecule has 1 saturated heterocycles. The summed E-state index contributed by atoms with van der Waals surface area (Å²) < 4.78 is 5.95.